The first kappa shape index (κ1) is 49.2. The molecule has 1 heterocycles. The molecular weight excluding hydrogens is 951 g/mol. The van der Waals surface area contributed by atoms with Crippen LogP contribution < -0.4 is 33.6 Å². The molecule has 10 rings (SSSR count). The fraction of sp³-hybridized carbons (Fsp3) is 0.213. The third kappa shape index (κ3) is 10.5. The van der Waals surface area contributed by atoms with E-state index in [1.165, 1.54) is 0 Å². The first-order chi connectivity index (χ1) is 35.6. The average molecular weight is 1010 g/mol. The summed E-state index contributed by atoms with van der Waals surface area (Å²) < 4.78 is 59.2. The van der Waals surface area contributed by atoms with Crippen molar-refractivity contribution in [3.63, 3.8) is 0 Å². The van der Waals surface area contributed by atoms with Crippen molar-refractivity contribution in [2.45, 2.75) is 53.6 Å². The van der Waals surface area contributed by atoms with E-state index in [2.05, 4.69) is 148 Å². The molecule has 0 aromatic heterocycles. The van der Waals surface area contributed by atoms with Crippen LogP contribution in [0.4, 0.5) is 45.5 Å². The lowest BCUT2D eigenvalue weighted by molar-refractivity contribution is 0.320. The fourth-order valence-electron chi connectivity index (χ4n) is 10.4. The summed E-state index contributed by atoms with van der Waals surface area (Å²) in [6.45, 7) is 0.406. The lowest BCUT2D eigenvalue weighted by Gasteiger charge is -2.36. The van der Waals surface area contributed by atoms with E-state index < -0.39 is 15.4 Å². The van der Waals surface area contributed by atoms with Gasteiger partial charge in [-0.1, -0.05) is 79.6 Å². The number of rotatable bonds is 17. The molecule has 1 unspecified atom stereocenters. The van der Waals surface area contributed by atoms with E-state index in [0.29, 0.717) is 13.0 Å². The van der Waals surface area contributed by atoms with Crippen LogP contribution in [-0.4, -0.2) is 53.2 Å². The molecule has 10 nitrogen and oxygen atoms in total. The standard InChI is InChI=1S/C61H59N3O7S2/c1-68-51-32-24-47(25-33-51)63(48-26-34-52(69-2)35-27-48)45-20-16-42(17-21-45)55-12-8-14-57-60(55)72-61-56(13-9-15-58(61)62(57)41-40-59(73(65,66)67)44-10-6-5-7-11-44)43-18-22-46(23-19-43)64(49-28-36-53(70-3)37-29-49)50-30-38-54(71-4)39-31-50/h8-9,12-39,44,59H,5-7,10-11,40-41H2,1-4H3,(H,65,66,67). The molecule has 1 aliphatic carbocycles. The van der Waals surface area contributed by atoms with Gasteiger partial charge < -0.3 is 33.6 Å². The van der Waals surface area contributed by atoms with Crippen LogP contribution in [0.25, 0.3) is 22.3 Å². The molecule has 0 saturated heterocycles. The minimum absolute atomic E-state index is 0.0812. The van der Waals surface area contributed by atoms with E-state index in [9.17, 15) is 13.0 Å². The summed E-state index contributed by atoms with van der Waals surface area (Å²) in [7, 11) is 2.37. The van der Waals surface area contributed by atoms with Crippen molar-refractivity contribution < 1.29 is 31.9 Å². The van der Waals surface area contributed by atoms with Gasteiger partial charge in [-0.05, 0) is 181 Å². The molecule has 73 heavy (non-hydrogen) atoms. The molecule has 1 aliphatic heterocycles. The Hall–Kier alpha value is -7.38. The molecule has 0 amide bonds. The van der Waals surface area contributed by atoms with Gasteiger partial charge in [0, 0.05) is 50.5 Å². The maximum atomic E-state index is 13.2. The minimum atomic E-state index is -4.30. The van der Waals surface area contributed by atoms with Gasteiger partial charge in [0.1, 0.15) is 23.0 Å². The molecule has 8 aromatic carbocycles. The second kappa shape index (κ2) is 21.8. The highest BCUT2D eigenvalue weighted by molar-refractivity contribution is 8.00. The van der Waals surface area contributed by atoms with Crippen LogP contribution in [-0.2, 0) is 10.1 Å². The molecule has 0 spiro atoms. The summed E-state index contributed by atoms with van der Waals surface area (Å²) in [5.74, 6) is 3.03. The number of methoxy groups -OCH3 is 4. The van der Waals surface area contributed by atoms with Gasteiger partial charge in [0.25, 0.3) is 10.1 Å². The number of ether oxygens (including phenoxy) is 4. The zero-order chi connectivity index (χ0) is 50.5. The Balaban J connectivity index is 1.04. The zero-order valence-electron chi connectivity index (χ0n) is 41.5. The predicted octanol–water partition coefficient (Wildman–Crippen LogP) is 15.8. The monoisotopic (exact) mass is 1010 g/mol. The molecule has 1 saturated carbocycles. The van der Waals surface area contributed by atoms with Crippen LogP contribution >= 0.6 is 11.8 Å². The highest BCUT2D eigenvalue weighted by Crippen LogP contribution is 2.55. The second-order valence-electron chi connectivity index (χ2n) is 18.4. The second-order valence-corrected chi connectivity index (χ2v) is 21.0. The van der Waals surface area contributed by atoms with E-state index in [1.54, 1.807) is 40.2 Å². The van der Waals surface area contributed by atoms with E-state index in [0.717, 1.165) is 133 Å². The average Bonchev–Trinajstić information content (AvgIpc) is 3.44. The van der Waals surface area contributed by atoms with E-state index in [4.69, 9.17) is 18.9 Å². The van der Waals surface area contributed by atoms with Gasteiger partial charge in [-0.15, -0.1) is 0 Å². The van der Waals surface area contributed by atoms with Crippen LogP contribution in [0.1, 0.15) is 38.5 Å². The summed E-state index contributed by atoms with van der Waals surface area (Å²) in [6, 6.07) is 62.2. The van der Waals surface area contributed by atoms with E-state index in [1.807, 2.05) is 48.5 Å². The third-order valence-electron chi connectivity index (χ3n) is 14.2. The van der Waals surface area contributed by atoms with Gasteiger partial charge in [-0.3, -0.25) is 4.55 Å². The molecule has 12 heteroatoms. The van der Waals surface area contributed by atoms with Gasteiger partial charge in [0.15, 0.2) is 0 Å². The van der Waals surface area contributed by atoms with E-state index in [-0.39, 0.29) is 5.92 Å². The van der Waals surface area contributed by atoms with Crippen LogP contribution in [0.15, 0.2) is 192 Å². The Morgan fingerprint density at radius 3 is 1.14 bits per heavy atom. The normalized spacial score (nSPS) is 13.8. The SMILES string of the molecule is COc1ccc(N(c2ccc(OC)cc2)c2ccc(-c3cccc4c3Sc3c(-c5ccc(N(c6ccc(OC)cc6)c6ccc(OC)cc6)cc5)cccc3N4CCC(C3CCCCC3)S(=O)(=O)O)cc2)cc1. The lowest BCUT2D eigenvalue weighted by atomic mass is 9.85. The van der Waals surface area contributed by atoms with Crippen molar-refractivity contribution in [3.8, 4) is 45.3 Å². The number of nitrogens with zero attached hydrogens (tertiary/aromatic N) is 3. The highest BCUT2D eigenvalue weighted by Gasteiger charge is 2.35. The van der Waals surface area contributed by atoms with Crippen molar-refractivity contribution in [2.24, 2.45) is 5.92 Å². The van der Waals surface area contributed by atoms with Crippen molar-refractivity contribution in [1.82, 2.24) is 0 Å². The van der Waals surface area contributed by atoms with Crippen molar-refractivity contribution in [2.75, 3.05) is 49.7 Å². The van der Waals surface area contributed by atoms with E-state index >= 15 is 0 Å². The fourth-order valence-corrected chi connectivity index (χ4v) is 12.9. The molecule has 1 atom stereocenters. The van der Waals surface area contributed by atoms with Crippen LogP contribution in [0.3, 0.4) is 0 Å². The first-order valence-corrected chi connectivity index (χ1v) is 27.0. The molecule has 1 fully saturated rings. The number of hydrogen-bond acceptors (Lipinski definition) is 10. The molecular formula is C61H59N3O7S2. The highest BCUT2D eigenvalue weighted by atomic mass is 32.2. The van der Waals surface area contributed by atoms with Crippen molar-refractivity contribution in [3.05, 3.63) is 182 Å². The number of benzene rings is 8. The predicted molar refractivity (Wildman–Crippen MR) is 297 cm³/mol. The number of fused-ring (bicyclic) bond motifs is 2. The molecule has 0 radical (unpaired) electrons. The summed E-state index contributed by atoms with van der Waals surface area (Å²) in [4.78, 5) is 8.83. The quantitative estimate of drug-likeness (QED) is 0.0883. The summed E-state index contributed by atoms with van der Waals surface area (Å²) in [5.41, 5.74) is 12.1. The number of anilines is 8. The maximum absolute atomic E-state index is 13.2. The third-order valence-corrected chi connectivity index (χ3v) is 16.8. The summed E-state index contributed by atoms with van der Waals surface area (Å²) in [5, 5.41) is -0.848. The molecule has 1 N–H and O–H groups in total. The Kier molecular flexibility index (Phi) is 14.7. The Labute approximate surface area is 433 Å². The summed E-state index contributed by atoms with van der Waals surface area (Å²) in [6.07, 6.45) is 4.94. The minimum Gasteiger partial charge on any atom is -0.497 e. The molecule has 0 bridgehead atoms. The Morgan fingerprint density at radius 2 is 0.822 bits per heavy atom. The van der Waals surface area contributed by atoms with Crippen LogP contribution in [0.2, 0.25) is 0 Å². The van der Waals surface area contributed by atoms with Gasteiger partial charge in [0.2, 0.25) is 0 Å². The molecule has 2 aliphatic rings. The molecule has 372 valence electrons. The van der Waals surface area contributed by atoms with Crippen LogP contribution in [0.5, 0.6) is 23.0 Å². The van der Waals surface area contributed by atoms with Gasteiger partial charge in [-0.25, -0.2) is 0 Å². The van der Waals surface area contributed by atoms with Crippen LogP contribution in [0, 0.1) is 5.92 Å². The van der Waals surface area contributed by atoms with Gasteiger partial charge >= 0.3 is 0 Å². The smallest absolute Gasteiger partial charge is 0.268 e. The maximum Gasteiger partial charge on any atom is 0.268 e. The van der Waals surface area contributed by atoms with Crippen molar-refractivity contribution in [1.29, 1.82) is 0 Å². The number of hydrogen-bond donors (Lipinski definition) is 1. The zero-order valence-corrected chi connectivity index (χ0v) is 43.1. The van der Waals surface area contributed by atoms with Crippen molar-refractivity contribution >= 4 is 67.4 Å². The summed E-state index contributed by atoms with van der Waals surface area (Å²) >= 11 is 1.74. The van der Waals surface area contributed by atoms with Gasteiger partial charge in [0.05, 0.1) is 45.1 Å². The molecule has 8 aromatic rings. The first-order valence-electron chi connectivity index (χ1n) is 24.7. The lowest BCUT2D eigenvalue weighted by Crippen LogP contribution is -2.35. The topological polar surface area (TPSA) is 101 Å². The Morgan fingerprint density at radius 1 is 0.493 bits per heavy atom. The largest absolute Gasteiger partial charge is 0.497 e. The van der Waals surface area contributed by atoms with Gasteiger partial charge in [-0.2, -0.15) is 8.42 Å². The Bertz CT molecular complexity index is 2970.